The molecule has 9 nitrogen and oxygen atoms in total. The van der Waals surface area contributed by atoms with Crippen molar-refractivity contribution in [3.05, 3.63) is 47.5 Å². The van der Waals surface area contributed by atoms with Crippen LogP contribution < -0.4 is 15.5 Å². The van der Waals surface area contributed by atoms with Crippen molar-refractivity contribution in [1.82, 2.24) is 19.9 Å². The Hall–Kier alpha value is -2.40. The average Bonchev–Trinajstić information content (AvgIpc) is 3.37. The molecule has 1 atom stereocenters. The number of pyridine rings is 1. The number of hydrogen-bond acceptors (Lipinski definition) is 10. The van der Waals surface area contributed by atoms with E-state index in [2.05, 4.69) is 24.8 Å². The molecule has 11 heteroatoms. The number of nitrogens with zero attached hydrogens (tertiary/aromatic N) is 6. The highest BCUT2D eigenvalue weighted by atomic mass is 35.5. The van der Waals surface area contributed by atoms with Gasteiger partial charge < -0.3 is 25.1 Å². The SMILES string of the molecule is CC(C)(O)C1CN(c2nccc(Sc3cnc(N4CCC5(CC4)Cc4ocnc4[C@H]5N)cn3)c2Cl)C1. The maximum Gasteiger partial charge on any atom is 0.181 e. The van der Waals surface area contributed by atoms with Crippen LogP contribution in [0.3, 0.4) is 0 Å². The number of oxazole rings is 1. The van der Waals surface area contributed by atoms with Gasteiger partial charge >= 0.3 is 0 Å². The molecule has 3 aromatic heterocycles. The second-order valence-electron chi connectivity index (χ2n) is 10.7. The highest BCUT2D eigenvalue weighted by Crippen LogP contribution is 2.50. The summed E-state index contributed by atoms with van der Waals surface area (Å²) in [6.07, 6.45) is 9.70. The molecule has 5 heterocycles. The first-order valence-electron chi connectivity index (χ1n) is 12.3. The molecular weight excluding hydrogens is 498 g/mol. The summed E-state index contributed by atoms with van der Waals surface area (Å²) in [5, 5.41) is 11.6. The number of nitrogens with two attached hydrogens (primary N) is 1. The standard InChI is InChI=1S/C25H30ClN7O2S/c1-24(2,34)15-12-33(13-15)23-20(26)17(3-6-28-23)36-19-11-29-18(10-30-19)32-7-4-25(5-8-32)9-16-21(22(25)27)31-14-35-16/h3,6,10-11,14-15,22,34H,4-5,7-9,12-13,27H2,1-2H3/t22-/m1/s1. The fourth-order valence-electron chi connectivity index (χ4n) is 5.51. The molecule has 0 amide bonds. The number of aliphatic hydroxyl groups is 1. The number of fused-ring (bicyclic) bond motifs is 1. The van der Waals surface area contributed by atoms with E-state index in [-0.39, 0.29) is 17.4 Å². The van der Waals surface area contributed by atoms with Crippen LogP contribution in [-0.2, 0) is 6.42 Å². The number of anilines is 2. The van der Waals surface area contributed by atoms with Gasteiger partial charge in [0.05, 0.1) is 34.8 Å². The van der Waals surface area contributed by atoms with Gasteiger partial charge in [0.2, 0.25) is 0 Å². The molecule has 190 valence electrons. The van der Waals surface area contributed by atoms with Gasteiger partial charge in [0.25, 0.3) is 0 Å². The Labute approximate surface area is 219 Å². The Kier molecular flexibility index (Phi) is 5.90. The molecule has 2 fully saturated rings. The fourth-order valence-corrected chi connectivity index (χ4v) is 6.60. The summed E-state index contributed by atoms with van der Waals surface area (Å²) in [4.78, 5) is 23.4. The molecule has 0 saturated carbocycles. The third-order valence-electron chi connectivity index (χ3n) is 8.07. The van der Waals surface area contributed by atoms with Crippen LogP contribution in [0, 0.1) is 11.3 Å². The highest BCUT2D eigenvalue weighted by molar-refractivity contribution is 7.99. The Bertz CT molecular complexity index is 1250. The van der Waals surface area contributed by atoms with E-state index in [0.29, 0.717) is 5.02 Å². The first kappa shape index (κ1) is 24.0. The minimum absolute atomic E-state index is 0.0291. The van der Waals surface area contributed by atoms with E-state index in [1.807, 2.05) is 26.1 Å². The molecule has 0 radical (unpaired) electrons. The summed E-state index contributed by atoms with van der Waals surface area (Å²) in [7, 11) is 0. The molecule has 3 aliphatic rings. The minimum atomic E-state index is -0.704. The maximum absolute atomic E-state index is 10.2. The molecule has 3 aromatic rings. The van der Waals surface area contributed by atoms with Crippen LogP contribution in [0.4, 0.5) is 11.6 Å². The number of piperidine rings is 1. The van der Waals surface area contributed by atoms with Crippen molar-refractivity contribution in [2.45, 2.75) is 54.7 Å². The molecule has 1 spiro atoms. The zero-order valence-electron chi connectivity index (χ0n) is 20.4. The van der Waals surface area contributed by atoms with Gasteiger partial charge in [0.15, 0.2) is 6.39 Å². The van der Waals surface area contributed by atoms with E-state index in [0.717, 1.165) is 78.5 Å². The lowest BCUT2D eigenvalue weighted by atomic mass is 9.73. The van der Waals surface area contributed by atoms with E-state index in [1.54, 1.807) is 12.4 Å². The van der Waals surface area contributed by atoms with E-state index in [4.69, 9.17) is 26.7 Å². The van der Waals surface area contributed by atoms with Crippen molar-refractivity contribution in [3.63, 3.8) is 0 Å². The van der Waals surface area contributed by atoms with Crippen LogP contribution in [0.2, 0.25) is 5.02 Å². The number of rotatable bonds is 5. The summed E-state index contributed by atoms with van der Waals surface area (Å²) >= 11 is 8.19. The van der Waals surface area contributed by atoms with Crippen molar-refractivity contribution < 1.29 is 9.52 Å². The number of hydrogen-bond donors (Lipinski definition) is 2. The van der Waals surface area contributed by atoms with Crippen LogP contribution in [0.25, 0.3) is 0 Å². The lowest BCUT2D eigenvalue weighted by Gasteiger charge is -2.46. The molecule has 0 unspecified atom stereocenters. The quantitative estimate of drug-likeness (QED) is 0.508. The van der Waals surface area contributed by atoms with Gasteiger partial charge in [0.1, 0.15) is 22.4 Å². The van der Waals surface area contributed by atoms with Gasteiger partial charge in [-0.2, -0.15) is 0 Å². The second kappa shape index (κ2) is 8.86. The van der Waals surface area contributed by atoms with Gasteiger partial charge in [-0.3, -0.25) is 0 Å². The van der Waals surface area contributed by atoms with Crippen LogP contribution in [0.15, 0.2) is 45.4 Å². The van der Waals surface area contributed by atoms with Gasteiger partial charge in [-0.15, -0.1) is 0 Å². The van der Waals surface area contributed by atoms with Gasteiger partial charge in [0, 0.05) is 55.0 Å². The topological polar surface area (TPSA) is 117 Å². The van der Waals surface area contributed by atoms with E-state index >= 15 is 0 Å². The van der Waals surface area contributed by atoms with Gasteiger partial charge in [-0.05, 0) is 32.8 Å². The normalized spacial score (nSPS) is 21.6. The van der Waals surface area contributed by atoms with Crippen molar-refractivity contribution in [1.29, 1.82) is 0 Å². The van der Waals surface area contributed by atoms with Crippen LogP contribution >= 0.6 is 23.4 Å². The highest BCUT2D eigenvalue weighted by Gasteiger charge is 2.48. The largest absolute Gasteiger partial charge is 0.448 e. The number of aromatic nitrogens is 4. The summed E-state index contributed by atoms with van der Waals surface area (Å²) < 4.78 is 5.55. The van der Waals surface area contributed by atoms with Crippen LogP contribution in [-0.4, -0.2) is 56.8 Å². The molecule has 36 heavy (non-hydrogen) atoms. The predicted octanol–water partition coefficient (Wildman–Crippen LogP) is 3.71. The molecule has 3 N–H and O–H groups in total. The first-order chi connectivity index (χ1) is 17.2. The van der Waals surface area contributed by atoms with Crippen LogP contribution in [0.1, 0.15) is 44.2 Å². The lowest BCUT2D eigenvalue weighted by molar-refractivity contribution is 0.00438. The lowest BCUT2D eigenvalue weighted by Crippen LogP contribution is -2.56. The van der Waals surface area contributed by atoms with Gasteiger partial charge in [-0.1, -0.05) is 23.4 Å². The molecule has 2 saturated heterocycles. The fraction of sp³-hybridized carbons (Fsp3) is 0.520. The molecule has 0 bridgehead atoms. The van der Waals surface area contributed by atoms with Crippen molar-refractivity contribution in [3.8, 4) is 0 Å². The second-order valence-corrected chi connectivity index (χ2v) is 12.1. The summed E-state index contributed by atoms with van der Waals surface area (Å²) in [5.41, 5.74) is 6.81. The summed E-state index contributed by atoms with van der Waals surface area (Å²) in [6, 6.07) is 1.83. The average molecular weight is 528 g/mol. The van der Waals surface area contributed by atoms with E-state index in [9.17, 15) is 5.11 Å². The third kappa shape index (κ3) is 4.13. The molecule has 0 aromatic carbocycles. The Balaban J connectivity index is 1.09. The van der Waals surface area contributed by atoms with Crippen molar-refractivity contribution in [2.75, 3.05) is 36.0 Å². The zero-order chi connectivity index (χ0) is 25.1. The molecule has 1 aliphatic carbocycles. The van der Waals surface area contributed by atoms with Gasteiger partial charge in [-0.25, -0.2) is 19.9 Å². The van der Waals surface area contributed by atoms with Crippen molar-refractivity contribution >= 4 is 35.0 Å². The monoisotopic (exact) mass is 527 g/mol. The van der Waals surface area contributed by atoms with Crippen molar-refractivity contribution in [2.24, 2.45) is 17.1 Å². The van der Waals surface area contributed by atoms with E-state index < -0.39 is 5.60 Å². The first-order valence-corrected chi connectivity index (χ1v) is 13.5. The zero-order valence-corrected chi connectivity index (χ0v) is 22.0. The van der Waals surface area contributed by atoms with Crippen LogP contribution in [0.5, 0.6) is 0 Å². The minimum Gasteiger partial charge on any atom is -0.448 e. The summed E-state index contributed by atoms with van der Waals surface area (Å²) in [6.45, 7) is 6.91. The maximum atomic E-state index is 10.2. The third-order valence-corrected chi connectivity index (χ3v) is 9.53. The molecule has 6 rings (SSSR count). The Morgan fingerprint density at radius 2 is 1.92 bits per heavy atom. The smallest absolute Gasteiger partial charge is 0.181 e. The molecule has 2 aliphatic heterocycles. The predicted molar refractivity (Wildman–Crippen MR) is 138 cm³/mol. The Morgan fingerprint density at radius 3 is 2.58 bits per heavy atom. The Morgan fingerprint density at radius 1 is 1.14 bits per heavy atom. The van der Waals surface area contributed by atoms with E-state index in [1.165, 1.54) is 18.2 Å². The summed E-state index contributed by atoms with van der Waals surface area (Å²) in [5.74, 6) is 2.77. The number of halogens is 1. The molecular formula is C25H30ClN7O2S.